The standard InChI is InChI=1S/C31H31FN6O4/c1-19-33-27-14-24(32)21(13-28(27)42-19)18-41-30-4-2-3-25(36-30)20-7-10-37(11-8-20)16-29-35-26-6-5-22(17-39)34-31(26)38(29)15-23-9-12-40-23/h2-6,13-14,17,20,23H,7-12,15-16,18H2,1H3. The van der Waals surface area contributed by atoms with Gasteiger partial charge in [0.25, 0.3) is 0 Å². The summed E-state index contributed by atoms with van der Waals surface area (Å²) in [6, 6.07) is 12.3. The molecule has 11 heteroatoms. The number of pyridine rings is 2. The number of aryl methyl sites for hydroxylation is 1. The molecule has 5 aromatic rings. The van der Waals surface area contributed by atoms with E-state index < -0.39 is 0 Å². The van der Waals surface area contributed by atoms with Crippen molar-refractivity contribution in [3.05, 3.63) is 76.9 Å². The van der Waals surface area contributed by atoms with Crippen molar-refractivity contribution in [2.75, 3.05) is 19.7 Å². The van der Waals surface area contributed by atoms with Gasteiger partial charge in [0.15, 0.2) is 23.4 Å². The van der Waals surface area contributed by atoms with Crippen molar-refractivity contribution in [3.63, 3.8) is 0 Å². The third-order valence-corrected chi connectivity index (χ3v) is 8.15. The average molecular weight is 571 g/mol. The Balaban J connectivity index is 1.00. The number of nitrogens with zero attached hydrogens (tertiary/aromatic N) is 6. The van der Waals surface area contributed by atoms with Crippen LogP contribution in [0.15, 0.2) is 46.9 Å². The van der Waals surface area contributed by atoms with Crippen LogP contribution in [0.1, 0.15) is 58.6 Å². The fourth-order valence-corrected chi connectivity index (χ4v) is 5.77. The Morgan fingerprint density at radius 3 is 2.69 bits per heavy atom. The second-order valence-corrected chi connectivity index (χ2v) is 11.0. The molecule has 1 atom stereocenters. The summed E-state index contributed by atoms with van der Waals surface area (Å²) in [5.74, 6) is 1.82. The van der Waals surface area contributed by atoms with Crippen LogP contribution in [0.2, 0.25) is 0 Å². The zero-order valence-corrected chi connectivity index (χ0v) is 23.3. The number of hydrogen-bond acceptors (Lipinski definition) is 9. The molecule has 0 aliphatic carbocycles. The first-order valence-electron chi connectivity index (χ1n) is 14.3. The van der Waals surface area contributed by atoms with Gasteiger partial charge < -0.3 is 18.5 Å². The summed E-state index contributed by atoms with van der Waals surface area (Å²) in [6.45, 7) is 5.74. The minimum Gasteiger partial charge on any atom is -0.473 e. The monoisotopic (exact) mass is 570 g/mol. The number of fused-ring (bicyclic) bond motifs is 2. The zero-order chi connectivity index (χ0) is 28.6. The van der Waals surface area contributed by atoms with Crippen LogP contribution < -0.4 is 4.74 Å². The van der Waals surface area contributed by atoms with Crippen molar-refractivity contribution >= 4 is 28.5 Å². The van der Waals surface area contributed by atoms with Crippen molar-refractivity contribution in [1.82, 2.24) is 29.4 Å². The maximum atomic E-state index is 14.6. The molecule has 4 aromatic heterocycles. The smallest absolute Gasteiger partial charge is 0.213 e. The molecule has 2 aliphatic rings. The molecule has 6 heterocycles. The molecule has 216 valence electrons. The van der Waals surface area contributed by atoms with Crippen LogP contribution in [-0.2, 0) is 24.4 Å². The third-order valence-electron chi connectivity index (χ3n) is 8.15. The maximum absolute atomic E-state index is 14.6. The fraction of sp³-hybridized carbons (Fsp3) is 0.387. The van der Waals surface area contributed by atoms with Gasteiger partial charge in [-0.2, -0.15) is 0 Å². The second kappa shape index (κ2) is 11.2. The van der Waals surface area contributed by atoms with Gasteiger partial charge in [0.1, 0.15) is 35.0 Å². The number of hydrogen-bond donors (Lipinski definition) is 0. The van der Waals surface area contributed by atoms with Gasteiger partial charge in [0, 0.05) is 42.8 Å². The summed E-state index contributed by atoms with van der Waals surface area (Å²) >= 11 is 0. The highest BCUT2D eigenvalue weighted by Crippen LogP contribution is 2.30. The van der Waals surface area contributed by atoms with E-state index in [4.69, 9.17) is 23.9 Å². The summed E-state index contributed by atoms with van der Waals surface area (Å²) in [5.41, 5.74) is 4.34. The highest BCUT2D eigenvalue weighted by Gasteiger charge is 2.26. The SMILES string of the molecule is Cc1nc2cc(F)c(COc3cccc(C4CCN(Cc5nc6ccc(C=O)nc6n5CC5CCO5)CC4)n3)cc2o1. The molecule has 0 N–H and O–H groups in total. The quantitative estimate of drug-likeness (QED) is 0.227. The van der Waals surface area contributed by atoms with Gasteiger partial charge in [-0.3, -0.25) is 9.69 Å². The summed E-state index contributed by atoms with van der Waals surface area (Å²) < 4.78 is 33.8. The van der Waals surface area contributed by atoms with Crippen LogP contribution in [0.3, 0.4) is 0 Å². The Bertz CT molecular complexity index is 1760. The number of aldehydes is 1. The Hall–Kier alpha value is -4.22. The second-order valence-electron chi connectivity index (χ2n) is 11.0. The Morgan fingerprint density at radius 2 is 1.90 bits per heavy atom. The molecule has 0 bridgehead atoms. The van der Waals surface area contributed by atoms with Crippen LogP contribution in [-0.4, -0.2) is 61.5 Å². The number of carbonyl (C=O) groups excluding carboxylic acids is 1. The van der Waals surface area contributed by atoms with Crippen LogP contribution in [0.25, 0.3) is 22.3 Å². The predicted molar refractivity (Wildman–Crippen MR) is 152 cm³/mol. The highest BCUT2D eigenvalue weighted by atomic mass is 19.1. The molecule has 7 rings (SSSR count). The molecule has 0 amide bonds. The minimum absolute atomic E-state index is 0.0481. The molecule has 10 nitrogen and oxygen atoms in total. The summed E-state index contributed by atoms with van der Waals surface area (Å²) in [6.07, 6.45) is 3.84. The number of oxazole rings is 1. The number of halogens is 1. The van der Waals surface area contributed by atoms with Crippen molar-refractivity contribution in [3.8, 4) is 5.88 Å². The largest absolute Gasteiger partial charge is 0.473 e. The van der Waals surface area contributed by atoms with Crippen molar-refractivity contribution in [2.45, 2.75) is 57.9 Å². The van der Waals surface area contributed by atoms with E-state index in [0.717, 1.165) is 67.9 Å². The van der Waals surface area contributed by atoms with E-state index >= 15 is 0 Å². The zero-order valence-electron chi connectivity index (χ0n) is 23.3. The third kappa shape index (κ3) is 5.37. The summed E-state index contributed by atoms with van der Waals surface area (Å²) in [7, 11) is 0. The lowest BCUT2D eigenvalue weighted by Crippen LogP contribution is -2.35. The number of carbonyl (C=O) groups is 1. The van der Waals surface area contributed by atoms with Crippen LogP contribution >= 0.6 is 0 Å². The lowest BCUT2D eigenvalue weighted by atomic mass is 9.93. The predicted octanol–water partition coefficient (Wildman–Crippen LogP) is 4.98. The van der Waals surface area contributed by atoms with E-state index in [1.807, 2.05) is 18.2 Å². The molecule has 2 saturated heterocycles. The van der Waals surface area contributed by atoms with Gasteiger partial charge >= 0.3 is 0 Å². The Kier molecular flexibility index (Phi) is 7.12. The van der Waals surface area contributed by atoms with E-state index in [2.05, 4.69) is 19.4 Å². The van der Waals surface area contributed by atoms with Crippen molar-refractivity contribution < 1.29 is 23.1 Å². The van der Waals surface area contributed by atoms with Gasteiger partial charge in [-0.25, -0.2) is 24.3 Å². The van der Waals surface area contributed by atoms with Gasteiger partial charge in [0.05, 0.1) is 19.2 Å². The van der Waals surface area contributed by atoms with Gasteiger partial charge in [-0.05, 0) is 56.6 Å². The topological polar surface area (TPSA) is 108 Å². The number of benzene rings is 1. The molecule has 1 unspecified atom stereocenters. The molecule has 2 aliphatic heterocycles. The van der Waals surface area contributed by atoms with E-state index in [1.54, 1.807) is 25.1 Å². The average Bonchev–Trinajstić information content (AvgIpc) is 3.51. The first kappa shape index (κ1) is 26.7. The molecular weight excluding hydrogens is 539 g/mol. The lowest BCUT2D eigenvalue weighted by molar-refractivity contribution is -0.0593. The molecule has 1 aromatic carbocycles. The first-order chi connectivity index (χ1) is 20.5. The Morgan fingerprint density at radius 1 is 1.05 bits per heavy atom. The summed E-state index contributed by atoms with van der Waals surface area (Å²) in [4.78, 5) is 32.1. The molecule has 2 fully saturated rings. The number of aromatic nitrogens is 5. The number of ether oxygens (including phenoxy) is 2. The van der Waals surface area contributed by atoms with E-state index in [-0.39, 0.29) is 18.5 Å². The molecular formula is C31H31FN6O4. The van der Waals surface area contributed by atoms with E-state index in [1.165, 1.54) is 6.07 Å². The van der Waals surface area contributed by atoms with E-state index in [9.17, 15) is 9.18 Å². The summed E-state index contributed by atoms with van der Waals surface area (Å²) in [5, 5.41) is 0. The number of rotatable bonds is 9. The lowest BCUT2D eigenvalue weighted by Gasteiger charge is -2.32. The normalized spacial score (nSPS) is 18.0. The van der Waals surface area contributed by atoms with Gasteiger partial charge in [0.2, 0.25) is 5.88 Å². The van der Waals surface area contributed by atoms with Crippen molar-refractivity contribution in [1.29, 1.82) is 0 Å². The molecule has 0 radical (unpaired) electrons. The van der Waals surface area contributed by atoms with Crippen LogP contribution in [0.4, 0.5) is 4.39 Å². The maximum Gasteiger partial charge on any atom is 0.213 e. The Labute approximate surface area is 241 Å². The highest BCUT2D eigenvalue weighted by molar-refractivity contribution is 5.79. The number of likely N-dealkylation sites (tertiary alicyclic amines) is 1. The first-order valence-corrected chi connectivity index (χ1v) is 14.3. The molecule has 42 heavy (non-hydrogen) atoms. The minimum atomic E-state index is -0.381. The van der Waals surface area contributed by atoms with E-state index in [0.29, 0.717) is 53.1 Å². The van der Waals surface area contributed by atoms with Crippen molar-refractivity contribution in [2.24, 2.45) is 0 Å². The van der Waals surface area contributed by atoms with Crippen LogP contribution in [0, 0.1) is 12.7 Å². The van der Waals surface area contributed by atoms with Gasteiger partial charge in [-0.15, -0.1) is 0 Å². The van der Waals surface area contributed by atoms with Gasteiger partial charge in [-0.1, -0.05) is 6.07 Å². The fourth-order valence-electron chi connectivity index (χ4n) is 5.77. The number of imidazole rings is 1. The molecule has 0 saturated carbocycles. The number of piperidine rings is 1. The molecule has 0 spiro atoms. The van der Waals surface area contributed by atoms with Crippen LogP contribution in [0.5, 0.6) is 5.88 Å².